The molecule has 0 saturated heterocycles. The lowest BCUT2D eigenvalue weighted by atomic mass is 10.1. The number of aliphatic imine (C=N–C) groups is 1. The van der Waals surface area contributed by atoms with E-state index in [9.17, 15) is 0 Å². The molecule has 0 saturated carbocycles. The molecule has 148 valence electrons. The highest BCUT2D eigenvalue weighted by molar-refractivity contribution is 7.09. The van der Waals surface area contributed by atoms with Crippen LogP contribution in [-0.4, -0.2) is 40.9 Å². The van der Waals surface area contributed by atoms with Gasteiger partial charge in [-0.2, -0.15) is 0 Å². The van der Waals surface area contributed by atoms with Crippen molar-refractivity contribution in [2.75, 3.05) is 34.9 Å². The maximum absolute atomic E-state index is 5.53. The van der Waals surface area contributed by atoms with Gasteiger partial charge in [-0.15, -0.1) is 11.3 Å². The van der Waals surface area contributed by atoms with Crippen molar-refractivity contribution in [1.82, 2.24) is 10.6 Å². The van der Waals surface area contributed by atoms with E-state index in [2.05, 4.69) is 40.1 Å². The van der Waals surface area contributed by atoms with Gasteiger partial charge in [-0.3, -0.25) is 4.99 Å². The summed E-state index contributed by atoms with van der Waals surface area (Å²) in [7, 11) is 6.61. The van der Waals surface area contributed by atoms with E-state index in [0.717, 1.165) is 24.5 Å². The molecule has 0 fully saturated rings. The van der Waals surface area contributed by atoms with Crippen LogP contribution in [0.1, 0.15) is 17.4 Å². The van der Waals surface area contributed by atoms with Crippen molar-refractivity contribution in [2.45, 2.75) is 19.9 Å². The fourth-order valence-electron chi connectivity index (χ4n) is 2.82. The lowest BCUT2D eigenvalue weighted by Gasteiger charge is -2.18. The van der Waals surface area contributed by atoms with Gasteiger partial charge in [0, 0.05) is 30.6 Å². The average molecular weight is 392 g/mol. The van der Waals surface area contributed by atoms with Crippen LogP contribution in [-0.2, 0) is 13.0 Å². The normalized spacial score (nSPS) is 12.4. The number of hydrogen-bond donors (Lipinski definition) is 2. The Morgan fingerprint density at radius 3 is 2.44 bits per heavy atom. The number of nitrogens with one attached hydrogen (secondary N) is 2. The van der Waals surface area contributed by atoms with Gasteiger partial charge in [0.15, 0.2) is 17.5 Å². The van der Waals surface area contributed by atoms with Crippen molar-refractivity contribution in [3.05, 3.63) is 40.1 Å². The molecule has 0 spiro atoms. The maximum atomic E-state index is 5.53. The molecule has 7 heteroatoms. The minimum atomic E-state index is 0.512. The summed E-state index contributed by atoms with van der Waals surface area (Å²) in [5.41, 5.74) is 0.963. The Kier molecular flexibility index (Phi) is 8.26. The Hall–Kier alpha value is -2.41. The molecule has 0 amide bonds. The molecule has 0 aliphatic carbocycles. The zero-order chi connectivity index (χ0) is 19.6. The van der Waals surface area contributed by atoms with Crippen molar-refractivity contribution in [2.24, 2.45) is 10.9 Å². The minimum Gasteiger partial charge on any atom is -0.493 e. The summed E-state index contributed by atoms with van der Waals surface area (Å²) in [4.78, 5) is 5.71. The first-order valence-corrected chi connectivity index (χ1v) is 9.75. The topological polar surface area (TPSA) is 64.1 Å². The van der Waals surface area contributed by atoms with Crippen LogP contribution >= 0.6 is 11.3 Å². The van der Waals surface area contributed by atoms with Crippen LogP contribution in [0.5, 0.6) is 17.2 Å². The second-order valence-corrected chi connectivity index (χ2v) is 7.22. The fraction of sp³-hybridized carbons (Fsp3) is 0.450. The first-order valence-electron chi connectivity index (χ1n) is 8.87. The Bertz CT molecular complexity index is 732. The number of hydrogen-bond acceptors (Lipinski definition) is 5. The summed E-state index contributed by atoms with van der Waals surface area (Å²) in [6.45, 7) is 3.64. The van der Waals surface area contributed by atoms with Gasteiger partial charge in [0.1, 0.15) is 0 Å². The first-order chi connectivity index (χ1) is 13.1. The Labute approximate surface area is 165 Å². The summed E-state index contributed by atoms with van der Waals surface area (Å²) < 4.78 is 16.3. The van der Waals surface area contributed by atoms with Gasteiger partial charge in [-0.25, -0.2) is 0 Å². The third-order valence-electron chi connectivity index (χ3n) is 4.20. The number of guanidine groups is 1. The molecule has 1 unspecified atom stereocenters. The van der Waals surface area contributed by atoms with E-state index in [4.69, 9.17) is 14.2 Å². The van der Waals surface area contributed by atoms with Crippen LogP contribution in [0, 0.1) is 5.92 Å². The van der Waals surface area contributed by atoms with Gasteiger partial charge < -0.3 is 24.8 Å². The van der Waals surface area contributed by atoms with Gasteiger partial charge in [-0.05, 0) is 35.9 Å². The van der Waals surface area contributed by atoms with Gasteiger partial charge in [0.25, 0.3) is 0 Å². The van der Waals surface area contributed by atoms with E-state index in [1.165, 1.54) is 4.88 Å². The van der Waals surface area contributed by atoms with E-state index in [1.54, 1.807) is 39.7 Å². The highest BCUT2D eigenvalue weighted by Gasteiger charge is 2.16. The molecule has 1 atom stereocenters. The molecule has 0 aliphatic rings. The largest absolute Gasteiger partial charge is 0.493 e. The van der Waals surface area contributed by atoms with Crippen molar-refractivity contribution in [3.63, 3.8) is 0 Å². The smallest absolute Gasteiger partial charge is 0.203 e. The lowest BCUT2D eigenvalue weighted by Crippen LogP contribution is -2.39. The van der Waals surface area contributed by atoms with Crippen molar-refractivity contribution in [1.29, 1.82) is 0 Å². The molecule has 2 N–H and O–H groups in total. The second kappa shape index (κ2) is 10.7. The first kappa shape index (κ1) is 20.9. The minimum absolute atomic E-state index is 0.512. The summed E-state index contributed by atoms with van der Waals surface area (Å²) in [6.07, 6.45) is 1.06. The number of thiophene rings is 1. The second-order valence-electron chi connectivity index (χ2n) is 6.19. The fourth-order valence-corrected chi connectivity index (χ4v) is 3.69. The molecule has 0 bridgehead atoms. The molecule has 2 aromatic rings. The quantitative estimate of drug-likeness (QED) is 0.507. The maximum Gasteiger partial charge on any atom is 0.203 e. The van der Waals surface area contributed by atoms with E-state index in [0.29, 0.717) is 29.7 Å². The highest BCUT2D eigenvalue weighted by Crippen LogP contribution is 2.39. The Morgan fingerprint density at radius 1 is 1.07 bits per heavy atom. The lowest BCUT2D eigenvalue weighted by molar-refractivity contribution is 0.322. The SMILES string of the molecule is CN=C(NCc1ccc(OC)c(OC)c1OC)NCC(C)Cc1cccs1. The van der Waals surface area contributed by atoms with Crippen LogP contribution in [0.2, 0.25) is 0 Å². The Morgan fingerprint density at radius 2 is 1.85 bits per heavy atom. The predicted octanol–water partition coefficient (Wildman–Crippen LogP) is 3.32. The molecule has 27 heavy (non-hydrogen) atoms. The van der Waals surface area contributed by atoms with Crippen molar-refractivity contribution in [3.8, 4) is 17.2 Å². The van der Waals surface area contributed by atoms with Crippen LogP contribution in [0.15, 0.2) is 34.6 Å². The zero-order valence-electron chi connectivity index (χ0n) is 16.7. The van der Waals surface area contributed by atoms with E-state index >= 15 is 0 Å². The van der Waals surface area contributed by atoms with Crippen LogP contribution < -0.4 is 24.8 Å². The van der Waals surface area contributed by atoms with E-state index in [-0.39, 0.29) is 0 Å². The summed E-state index contributed by atoms with van der Waals surface area (Å²) in [5, 5.41) is 8.83. The molecular formula is C20H29N3O3S. The third-order valence-corrected chi connectivity index (χ3v) is 5.10. The summed E-state index contributed by atoms with van der Waals surface area (Å²) in [5.74, 6) is 3.16. The molecule has 6 nitrogen and oxygen atoms in total. The van der Waals surface area contributed by atoms with Gasteiger partial charge >= 0.3 is 0 Å². The number of methoxy groups -OCH3 is 3. The Balaban J connectivity index is 1.93. The summed E-state index contributed by atoms with van der Waals surface area (Å²) in [6, 6.07) is 8.10. The van der Waals surface area contributed by atoms with Crippen LogP contribution in [0.25, 0.3) is 0 Å². The number of ether oxygens (including phenoxy) is 3. The summed E-state index contributed by atoms with van der Waals surface area (Å²) >= 11 is 1.80. The number of benzene rings is 1. The van der Waals surface area contributed by atoms with Crippen LogP contribution in [0.4, 0.5) is 0 Å². The van der Waals surface area contributed by atoms with Gasteiger partial charge in [0.05, 0.1) is 21.3 Å². The molecule has 0 radical (unpaired) electrons. The van der Waals surface area contributed by atoms with Gasteiger partial charge in [-0.1, -0.05) is 13.0 Å². The zero-order valence-corrected chi connectivity index (χ0v) is 17.5. The van der Waals surface area contributed by atoms with E-state index < -0.39 is 0 Å². The monoisotopic (exact) mass is 391 g/mol. The molecular weight excluding hydrogens is 362 g/mol. The molecule has 1 heterocycles. The predicted molar refractivity (Wildman–Crippen MR) is 111 cm³/mol. The number of nitrogens with zero attached hydrogens (tertiary/aromatic N) is 1. The van der Waals surface area contributed by atoms with Crippen molar-refractivity contribution >= 4 is 17.3 Å². The van der Waals surface area contributed by atoms with Gasteiger partial charge in [0.2, 0.25) is 5.75 Å². The standard InChI is InChI=1S/C20H29N3O3S/c1-14(11-16-7-6-10-27-16)12-22-20(21-2)23-13-15-8-9-17(24-3)19(26-5)18(15)25-4/h6-10,14H,11-13H2,1-5H3,(H2,21,22,23). The highest BCUT2D eigenvalue weighted by atomic mass is 32.1. The number of rotatable bonds is 9. The molecule has 1 aromatic carbocycles. The van der Waals surface area contributed by atoms with E-state index in [1.807, 2.05) is 12.1 Å². The molecule has 0 aliphatic heterocycles. The molecule has 2 rings (SSSR count). The molecule has 1 aromatic heterocycles. The van der Waals surface area contributed by atoms with Crippen molar-refractivity contribution < 1.29 is 14.2 Å². The third kappa shape index (κ3) is 5.79. The average Bonchev–Trinajstić information content (AvgIpc) is 3.20. The van der Waals surface area contributed by atoms with Crippen LogP contribution in [0.3, 0.4) is 0 Å².